The summed E-state index contributed by atoms with van der Waals surface area (Å²) < 4.78 is 30.4. The predicted octanol–water partition coefficient (Wildman–Crippen LogP) is 3.61. The highest BCUT2D eigenvalue weighted by Crippen LogP contribution is 2.36. The molecule has 0 spiro atoms. The highest BCUT2D eigenvalue weighted by Gasteiger charge is 2.28. The fourth-order valence-corrected chi connectivity index (χ4v) is 4.68. The van der Waals surface area contributed by atoms with Crippen LogP contribution >= 0.6 is 15.9 Å². The molecule has 2 atom stereocenters. The van der Waals surface area contributed by atoms with Crippen molar-refractivity contribution in [3.05, 3.63) is 22.2 Å². The van der Waals surface area contributed by atoms with Gasteiger partial charge in [-0.25, -0.2) is 13.6 Å². The third-order valence-electron chi connectivity index (χ3n) is 3.93. The van der Waals surface area contributed by atoms with E-state index in [-0.39, 0.29) is 11.0 Å². The molecule has 1 aromatic rings. The van der Waals surface area contributed by atoms with Crippen molar-refractivity contribution in [1.29, 1.82) is 0 Å². The Kier molecular flexibility index (Phi) is 5.00. The molecule has 1 aliphatic rings. The van der Waals surface area contributed by atoms with Crippen LogP contribution in [0.1, 0.15) is 38.7 Å². The Morgan fingerprint density at radius 3 is 2.29 bits per heavy atom. The summed E-state index contributed by atoms with van der Waals surface area (Å²) in [6, 6.07) is 3.35. The minimum absolute atomic E-state index is 0.0455. The van der Waals surface area contributed by atoms with E-state index in [2.05, 4.69) is 29.8 Å². The lowest BCUT2D eigenvalue weighted by Crippen LogP contribution is -2.29. The lowest BCUT2D eigenvalue weighted by Gasteiger charge is -2.32. The Morgan fingerprint density at radius 2 is 1.76 bits per heavy atom. The van der Waals surface area contributed by atoms with Gasteiger partial charge in [0.15, 0.2) is 0 Å². The molecular formula is C15H22BrNO3S. The summed E-state index contributed by atoms with van der Waals surface area (Å²) in [5, 5.41) is 5.33. The Balaban J connectivity index is 2.35. The largest absolute Gasteiger partial charge is 0.489 e. The van der Waals surface area contributed by atoms with Crippen LogP contribution in [-0.4, -0.2) is 14.5 Å². The van der Waals surface area contributed by atoms with Crippen LogP contribution < -0.4 is 9.88 Å². The molecular weight excluding hydrogens is 354 g/mol. The minimum Gasteiger partial charge on any atom is -0.489 e. The topological polar surface area (TPSA) is 69.4 Å². The van der Waals surface area contributed by atoms with Crippen molar-refractivity contribution >= 4 is 26.0 Å². The normalized spacial score (nSPS) is 26.6. The lowest BCUT2D eigenvalue weighted by molar-refractivity contribution is 0.0975. The van der Waals surface area contributed by atoms with Gasteiger partial charge in [-0.15, -0.1) is 0 Å². The molecule has 2 unspecified atom stereocenters. The van der Waals surface area contributed by atoms with Gasteiger partial charge in [0, 0.05) is 4.47 Å². The van der Waals surface area contributed by atoms with Crippen LogP contribution in [0.25, 0.3) is 0 Å². The Morgan fingerprint density at radius 1 is 1.19 bits per heavy atom. The molecule has 2 N–H and O–H groups in total. The van der Waals surface area contributed by atoms with Crippen LogP contribution in [0.2, 0.25) is 0 Å². The SMILES string of the molecule is Cc1cc(Br)cc(S(N)(=O)=O)c1OC1CC(C)CC(C)C1. The summed E-state index contributed by atoms with van der Waals surface area (Å²) in [5.74, 6) is 1.58. The van der Waals surface area contributed by atoms with Gasteiger partial charge in [-0.2, -0.15) is 0 Å². The van der Waals surface area contributed by atoms with E-state index in [0.29, 0.717) is 22.1 Å². The van der Waals surface area contributed by atoms with E-state index in [1.807, 2.05) is 13.0 Å². The van der Waals surface area contributed by atoms with Crippen LogP contribution in [0, 0.1) is 18.8 Å². The zero-order chi connectivity index (χ0) is 15.8. The predicted molar refractivity (Wildman–Crippen MR) is 86.8 cm³/mol. The zero-order valence-corrected chi connectivity index (χ0v) is 15.0. The molecule has 0 bridgehead atoms. The number of ether oxygens (including phenoxy) is 1. The Labute approximate surface area is 135 Å². The van der Waals surface area contributed by atoms with E-state index in [9.17, 15) is 8.42 Å². The number of benzene rings is 1. The lowest BCUT2D eigenvalue weighted by atomic mass is 9.82. The summed E-state index contributed by atoms with van der Waals surface area (Å²) in [7, 11) is -3.81. The second-order valence-electron chi connectivity index (χ2n) is 6.25. The molecule has 0 aromatic heterocycles. The van der Waals surface area contributed by atoms with Crippen molar-refractivity contribution in [3.63, 3.8) is 0 Å². The summed E-state index contributed by atoms with van der Waals surface area (Å²) in [6.45, 7) is 6.26. The van der Waals surface area contributed by atoms with E-state index < -0.39 is 10.0 Å². The molecule has 21 heavy (non-hydrogen) atoms. The molecule has 0 radical (unpaired) electrons. The number of aryl methyl sites for hydroxylation is 1. The number of sulfonamides is 1. The van der Waals surface area contributed by atoms with Gasteiger partial charge in [0.05, 0.1) is 6.10 Å². The van der Waals surface area contributed by atoms with Gasteiger partial charge in [-0.1, -0.05) is 29.8 Å². The van der Waals surface area contributed by atoms with Crippen LogP contribution in [0.5, 0.6) is 5.75 Å². The second-order valence-corrected chi connectivity index (χ2v) is 8.70. The van der Waals surface area contributed by atoms with E-state index in [4.69, 9.17) is 9.88 Å². The molecule has 1 aliphatic carbocycles. The van der Waals surface area contributed by atoms with Gasteiger partial charge >= 0.3 is 0 Å². The van der Waals surface area contributed by atoms with Gasteiger partial charge in [0.2, 0.25) is 10.0 Å². The average Bonchev–Trinajstić information content (AvgIpc) is 2.29. The van der Waals surface area contributed by atoms with E-state index in [1.165, 1.54) is 12.5 Å². The van der Waals surface area contributed by atoms with Crippen molar-refractivity contribution in [3.8, 4) is 5.75 Å². The highest BCUT2D eigenvalue weighted by atomic mass is 79.9. The molecule has 1 fully saturated rings. The fourth-order valence-electron chi connectivity index (χ4n) is 3.20. The van der Waals surface area contributed by atoms with Gasteiger partial charge < -0.3 is 4.74 Å². The van der Waals surface area contributed by atoms with Crippen LogP contribution in [0.4, 0.5) is 0 Å². The average molecular weight is 376 g/mol. The minimum atomic E-state index is -3.81. The maximum absolute atomic E-state index is 11.8. The zero-order valence-electron chi connectivity index (χ0n) is 12.6. The van der Waals surface area contributed by atoms with E-state index in [1.54, 1.807) is 0 Å². The first kappa shape index (κ1) is 16.8. The maximum atomic E-state index is 11.8. The number of hydrogen-bond donors (Lipinski definition) is 1. The standard InChI is InChI=1S/C15H22BrNO3S/c1-9-4-10(2)6-13(5-9)20-15-11(3)7-12(16)8-14(15)21(17,18)19/h7-10,13H,4-6H2,1-3H3,(H2,17,18,19). The summed E-state index contributed by atoms with van der Waals surface area (Å²) in [6.07, 6.45) is 3.14. The summed E-state index contributed by atoms with van der Waals surface area (Å²) in [5.41, 5.74) is 0.777. The molecule has 0 amide bonds. The number of halogens is 1. The van der Waals surface area contributed by atoms with Crippen LogP contribution in [0.3, 0.4) is 0 Å². The summed E-state index contributed by atoms with van der Waals surface area (Å²) >= 11 is 3.31. The van der Waals surface area contributed by atoms with Gasteiger partial charge in [-0.3, -0.25) is 0 Å². The third kappa shape index (κ3) is 4.20. The van der Waals surface area contributed by atoms with Crippen molar-refractivity contribution in [2.75, 3.05) is 0 Å². The third-order valence-corrected chi connectivity index (χ3v) is 5.31. The van der Waals surface area contributed by atoms with Crippen LogP contribution in [-0.2, 0) is 10.0 Å². The van der Waals surface area contributed by atoms with Crippen LogP contribution in [0.15, 0.2) is 21.5 Å². The van der Waals surface area contributed by atoms with Gasteiger partial charge in [0.1, 0.15) is 10.6 Å². The maximum Gasteiger partial charge on any atom is 0.241 e. The first-order valence-corrected chi connectivity index (χ1v) is 9.50. The number of primary sulfonamides is 1. The second kappa shape index (κ2) is 6.26. The molecule has 1 saturated carbocycles. The quantitative estimate of drug-likeness (QED) is 0.876. The molecule has 0 aliphatic heterocycles. The first-order chi connectivity index (χ1) is 9.66. The molecule has 6 heteroatoms. The Hall–Kier alpha value is -0.590. The van der Waals surface area contributed by atoms with E-state index in [0.717, 1.165) is 18.4 Å². The van der Waals surface area contributed by atoms with E-state index >= 15 is 0 Å². The number of hydrogen-bond acceptors (Lipinski definition) is 3. The summed E-state index contributed by atoms with van der Waals surface area (Å²) in [4.78, 5) is 0.0558. The smallest absolute Gasteiger partial charge is 0.241 e. The van der Waals surface area contributed by atoms with Crippen molar-refractivity contribution in [1.82, 2.24) is 0 Å². The highest BCUT2D eigenvalue weighted by molar-refractivity contribution is 9.10. The van der Waals surface area contributed by atoms with Gasteiger partial charge in [-0.05, 0) is 55.7 Å². The van der Waals surface area contributed by atoms with Crippen molar-refractivity contribution < 1.29 is 13.2 Å². The first-order valence-electron chi connectivity index (χ1n) is 7.16. The molecule has 0 heterocycles. The monoisotopic (exact) mass is 375 g/mol. The molecule has 1 aromatic carbocycles. The molecule has 2 rings (SSSR count). The number of nitrogens with two attached hydrogens (primary N) is 1. The number of rotatable bonds is 3. The fraction of sp³-hybridized carbons (Fsp3) is 0.600. The van der Waals surface area contributed by atoms with Gasteiger partial charge in [0.25, 0.3) is 0 Å². The van der Waals surface area contributed by atoms with Crippen molar-refractivity contribution in [2.24, 2.45) is 17.0 Å². The Bertz CT molecular complexity index is 620. The van der Waals surface area contributed by atoms with Crippen molar-refractivity contribution in [2.45, 2.75) is 51.0 Å². The molecule has 118 valence electrons. The molecule has 0 saturated heterocycles. The molecule has 4 nitrogen and oxygen atoms in total.